The lowest BCUT2D eigenvalue weighted by Crippen LogP contribution is -1.67. The molecule has 0 nitrogen and oxygen atoms in total. The van der Waals surface area contributed by atoms with E-state index in [1.54, 1.807) is 6.92 Å². The van der Waals surface area contributed by atoms with Crippen LogP contribution in [-0.2, 0) is 0 Å². The fourth-order valence-electron chi connectivity index (χ4n) is 0. The highest BCUT2D eigenvalue weighted by molar-refractivity contribution is 4.38. The number of hydrogen-bond donors (Lipinski definition) is 0. The highest BCUT2D eigenvalue weighted by atomic mass is 13.7. The molecule has 0 atom stereocenters. The molecule has 0 aliphatic carbocycles. The van der Waals surface area contributed by atoms with Gasteiger partial charge in [0, 0.05) is 0 Å². The van der Waals surface area contributed by atoms with Crippen LogP contribution in [0.2, 0.25) is 0 Å². The van der Waals surface area contributed by atoms with Crippen LogP contribution < -0.4 is 0 Å². The van der Waals surface area contributed by atoms with Gasteiger partial charge in [-0.1, -0.05) is 89.0 Å². The Balaban J connectivity index is -0.0000000260. The maximum Gasteiger partial charge on any atom is -0.0471 e. The predicted octanol–water partition coefficient (Wildman–Crippen LogP) is 5.62. The van der Waals surface area contributed by atoms with E-state index in [1.165, 1.54) is 6.42 Å². The number of hydrogen-bond acceptors (Lipinski definition) is 0. The van der Waals surface area contributed by atoms with Crippen LogP contribution in [0.4, 0.5) is 0 Å². The van der Waals surface area contributed by atoms with Gasteiger partial charge in [-0.2, -0.15) is 0 Å². The Kier molecular flexibility index (Phi) is 108. The fraction of sp³-hybridized carbons (Fsp3) is 0.643. The van der Waals surface area contributed by atoms with E-state index in [1.807, 2.05) is 6.92 Å². The molecule has 0 aromatic heterocycles. The molecule has 0 heterocycles. The summed E-state index contributed by atoms with van der Waals surface area (Å²) < 4.78 is 0. The first-order valence-corrected chi connectivity index (χ1v) is 5.18. The van der Waals surface area contributed by atoms with Crippen molar-refractivity contribution in [3.8, 4) is 0 Å². The van der Waals surface area contributed by atoms with Crippen LogP contribution in [0.3, 0.4) is 0 Å². The lowest BCUT2D eigenvalue weighted by atomic mass is 10.3. The third-order valence-corrected chi connectivity index (χ3v) is 0.354. The Morgan fingerprint density at radius 2 is 1.07 bits per heavy atom. The summed E-state index contributed by atoms with van der Waals surface area (Å²) in [4.78, 5) is 0. The molecule has 0 aromatic carbocycles. The van der Waals surface area contributed by atoms with Gasteiger partial charge in [0.15, 0.2) is 0 Å². The zero-order chi connectivity index (χ0) is 11.7. The number of rotatable bonds is 1. The van der Waals surface area contributed by atoms with Crippen LogP contribution >= 0.6 is 0 Å². The van der Waals surface area contributed by atoms with Crippen molar-refractivity contribution in [2.75, 3.05) is 0 Å². The first-order valence-electron chi connectivity index (χ1n) is 5.18. The van der Waals surface area contributed by atoms with Gasteiger partial charge in [0.2, 0.25) is 0 Å². The Bertz CT molecular complexity index is 24.3. The van der Waals surface area contributed by atoms with Crippen molar-refractivity contribution in [2.45, 2.75) is 53.9 Å². The molecule has 0 fully saturated rings. The van der Waals surface area contributed by atoms with Crippen LogP contribution in [0, 0.1) is 41.0 Å². The summed E-state index contributed by atoms with van der Waals surface area (Å²) in [5.74, 6) is 0.583. The molecular weight excluding hydrogens is 168 g/mol. The van der Waals surface area contributed by atoms with Crippen molar-refractivity contribution in [3.05, 3.63) is 35.1 Å². The van der Waals surface area contributed by atoms with Gasteiger partial charge in [-0.25, -0.2) is 0 Å². The normalized spacial score (nSPS) is 6.43. The van der Waals surface area contributed by atoms with Gasteiger partial charge in [0.25, 0.3) is 0 Å². The molecule has 5 radical (unpaired) electrons. The zero-order valence-electron chi connectivity index (χ0n) is 11.5. The molecule has 14 heavy (non-hydrogen) atoms. The summed E-state index contributed by atoms with van der Waals surface area (Å²) in [6.07, 6.45) is 3.28. The SMILES string of the molecule is [CH2]C.[CH2]C(C)C.[CH2]CC.[CH2]CCC.[CH3]. The quantitative estimate of drug-likeness (QED) is 0.516. The highest BCUT2D eigenvalue weighted by Gasteiger charge is 1.68. The summed E-state index contributed by atoms with van der Waals surface area (Å²) in [5, 5.41) is 0. The summed E-state index contributed by atoms with van der Waals surface area (Å²) in [5.41, 5.74) is 0. The molecule has 0 heteroatoms. The van der Waals surface area contributed by atoms with E-state index in [4.69, 9.17) is 0 Å². The van der Waals surface area contributed by atoms with E-state index in [0.717, 1.165) is 12.8 Å². The van der Waals surface area contributed by atoms with E-state index < -0.39 is 0 Å². The van der Waals surface area contributed by atoms with Crippen LogP contribution in [0.15, 0.2) is 0 Å². The van der Waals surface area contributed by atoms with Gasteiger partial charge in [0.1, 0.15) is 0 Å². The Morgan fingerprint density at radius 3 is 1.07 bits per heavy atom. The fourth-order valence-corrected chi connectivity index (χ4v) is 0. The smallest absolute Gasteiger partial charge is 0.0471 e. The summed E-state index contributed by atoms with van der Waals surface area (Å²) in [6, 6.07) is 0. The topological polar surface area (TPSA) is 0 Å². The van der Waals surface area contributed by atoms with Crippen molar-refractivity contribution < 1.29 is 0 Å². The van der Waals surface area contributed by atoms with Crippen molar-refractivity contribution in [1.82, 2.24) is 0 Å². The molecule has 0 unspecified atom stereocenters. The lowest BCUT2D eigenvalue weighted by Gasteiger charge is -1.78. The molecule has 0 aromatic rings. The molecule has 0 aliphatic heterocycles. The minimum Gasteiger partial charge on any atom is -0.0683 e. The minimum atomic E-state index is 0. The third-order valence-electron chi connectivity index (χ3n) is 0.354. The Hall–Kier alpha value is 0. The van der Waals surface area contributed by atoms with Crippen molar-refractivity contribution in [1.29, 1.82) is 0 Å². The standard InChI is InChI=1S/2C4H9.C3H7.C2H5.CH3/c1-4(2)3;1-3-4-2;1-3-2;1-2;/h4H,1H2,2-3H3;1,3-4H2,2H3;1,3H2,2H3;1H2,2H3;1H3. The highest BCUT2D eigenvalue weighted by Crippen LogP contribution is 1.80. The minimum absolute atomic E-state index is 0. The van der Waals surface area contributed by atoms with Gasteiger partial charge < -0.3 is 0 Å². The third kappa shape index (κ3) is 1450. The van der Waals surface area contributed by atoms with Gasteiger partial charge in [-0.05, 0) is 5.92 Å². The van der Waals surface area contributed by atoms with Gasteiger partial charge in [-0.15, -0.1) is 0 Å². The average molecular weight is 201 g/mol. The number of unbranched alkanes of at least 4 members (excludes halogenated alkanes) is 1. The molecule has 0 bridgehead atoms. The van der Waals surface area contributed by atoms with Crippen molar-refractivity contribution in [3.63, 3.8) is 0 Å². The van der Waals surface area contributed by atoms with E-state index in [2.05, 4.69) is 48.5 Å². The van der Waals surface area contributed by atoms with E-state index >= 15 is 0 Å². The molecule has 0 saturated carbocycles. The van der Waals surface area contributed by atoms with Gasteiger partial charge >= 0.3 is 0 Å². The first kappa shape index (κ1) is 29.2. The molecule has 0 saturated heterocycles. The average Bonchev–Trinajstić information content (AvgIpc) is 2.08. The predicted molar refractivity (Wildman–Crippen MR) is 73.6 cm³/mol. The summed E-state index contributed by atoms with van der Waals surface area (Å²) in [6.45, 7) is 24.0. The Morgan fingerprint density at radius 1 is 1.00 bits per heavy atom. The van der Waals surface area contributed by atoms with E-state index in [0.29, 0.717) is 5.92 Å². The van der Waals surface area contributed by atoms with Crippen molar-refractivity contribution in [2.24, 2.45) is 5.92 Å². The van der Waals surface area contributed by atoms with Crippen LogP contribution in [0.5, 0.6) is 0 Å². The van der Waals surface area contributed by atoms with E-state index in [-0.39, 0.29) is 7.43 Å². The molecule has 89 valence electrons. The molecular formula is C14H33. The molecule has 0 aliphatic rings. The second kappa shape index (κ2) is 52.0. The van der Waals surface area contributed by atoms with Crippen LogP contribution in [0.1, 0.15) is 53.9 Å². The molecule has 0 spiro atoms. The largest absolute Gasteiger partial charge is 0.0683 e. The molecule has 0 rings (SSSR count). The maximum absolute atomic E-state index is 3.64. The second-order valence-corrected chi connectivity index (χ2v) is 2.75. The first-order chi connectivity index (χ1) is 6.06. The van der Waals surface area contributed by atoms with E-state index in [9.17, 15) is 0 Å². The monoisotopic (exact) mass is 201 g/mol. The maximum atomic E-state index is 3.64. The van der Waals surface area contributed by atoms with Crippen molar-refractivity contribution >= 4 is 0 Å². The zero-order valence-corrected chi connectivity index (χ0v) is 11.5. The summed E-state index contributed by atoms with van der Waals surface area (Å²) in [7, 11) is 0. The second-order valence-electron chi connectivity index (χ2n) is 2.75. The van der Waals surface area contributed by atoms with Crippen LogP contribution in [-0.4, -0.2) is 0 Å². The molecule has 0 amide bonds. The lowest BCUT2D eigenvalue weighted by molar-refractivity contribution is 0.827. The Labute approximate surface area is 95.5 Å². The van der Waals surface area contributed by atoms with Crippen LogP contribution in [0.25, 0.3) is 0 Å². The van der Waals surface area contributed by atoms with Gasteiger partial charge in [-0.3, -0.25) is 0 Å². The van der Waals surface area contributed by atoms with Gasteiger partial charge in [0.05, 0.1) is 0 Å². The molecule has 0 N–H and O–H groups in total. The summed E-state index contributed by atoms with van der Waals surface area (Å²) >= 11 is 0.